The van der Waals surface area contributed by atoms with E-state index in [-0.39, 0.29) is 11.2 Å². The van der Waals surface area contributed by atoms with Gasteiger partial charge in [0.2, 0.25) is 0 Å². The van der Waals surface area contributed by atoms with Crippen molar-refractivity contribution in [2.45, 2.75) is 19.2 Å². The van der Waals surface area contributed by atoms with Gasteiger partial charge in [-0.15, -0.1) is 11.6 Å². The molecule has 0 aliphatic heterocycles. The first-order valence-corrected chi connectivity index (χ1v) is 6.74. The Kier molecular flexibility index (Phi) is 3.18. The van der Waals surface area contributed by atoms with Crippen molar-refractivity contribution >= 4 is 22.6 Å². The van der Waals surface area contributed by atoms with Crippen molar-refractivity contribution in [1.29, 1.82) is 0 Å². The maximum atomic E-state index is 13.6. The van der Waals surface area contributed by atoms with Gasteiger partial charge in [0.05, 0.1) is 22.8 Å². The summed E-state index contributed by atoms with van der Waals surface area (Å²) in [6, 6.07) is 6.55. The average Bonchev–Trinajstić information content (AvgIpc) is 2.81. The number of pyridine rings is 1. The van der Waals surface area contributed by atoms with Crippen LogP contribution in [0.25, 0.3) is 16.7 Å². The molecule has 1 atom stereocenters. The highest BCUT2D eigenvalue weighted by molar-refractivity contribution is 6.20. The summed E-state index contributed by atoms with van der Waals surface area (Å²) in [4.78, 5) is 8.57. The molecule has 0 saturated heterocycles. The molecule has 0 N–H and O–H groups in total. The molecule has 0 spiro atoms. The molecule has 2 heterocycles. The van der Waals surface area contributed by atoms with Gasteiger partial charge in [0.15, 0.2) is 0 Å². The molecule has 0 aliphatic carbocycles. The molecular weight excluding hydrogens is 277 g/mol. The molecular formula is C15H13ClFN3. The van der Waals surface area contributed by atoms with E-state index in [0.717, 1.165) is 22.3 Å². The van der Waals surface area contributed by atoms with Crippen LogP contribution in [0.15, 0.2) is 36.7 Å². The summed E-state index contributed by atoms with van der Waals surface area (Å²) in [6.07, 6.45) is 3.38. The van der Waals surface area contributed by atoms with Crippen molar-refractivity contribution in [2.24, 2.45) is 0 Å². The van der Waals surface area contributed by atoms with Gasteiger partial charge in [-0.25, -0.2) is 9.37 Å². The second-order valence-electron chi connectivity index (χ2n) is 4.72. The molecule has 5 heteroatoms. The van der Waals surface area contributed by atoms with Gasteiger partial charge in [0.1, 0.15) is 17.2 Å². The number of rotatable bonds is 2. The summed E-state index contributed by atoms with van der Waals surface area (Å²) in [5.74, 6) is 0.401. The van der Waals surface area contributed by atoms with Gasteiger partial charge in [-0.3, -0.25) is 9.55 Å². The molecule has 102 valence electrons. The van der Waals surface area contributed by atoms with Crippen LogP contribution in [-0.4, -0.2) is 14.5 Å². The predicted molar refractivity (Wildman–Crippen MR) is 77.8 cm³/mol. The minimum atomic E-state index is -0.287. The Balaban J connectivity index is 2.39. The minimum absolute atomic E-state index is 0.283. The number of nitrogens with zero attached hydrogens (tertiary/aromatic N) is 3. The summed E-state index contributed by atoms with van der Waals surface area (Å²) in [5, 5.41) is -0.287. The molecule has 0 radical (unpaired) electrons. The maximum absolute atomic E-state index is 13.6. The van der Waals surface area contributed by atoms with E-state index in [9.17, 15) is 4.39 Å². The number of hydrogen-bond donors (Lipinski definition) is 0. The number of fused-ring (bicyclic) bond motifs is 1. The molecule has 1 aromatic carbocycles. The van der Waals surface area contributed by atoms with E-state index in [1.54, 1.807) is 18.5 Å². The Morgan fingerprint density at radius 1 is 1.30 bits per heavy atom. The smallest absolute Gasteiger partial charge is 0.132 e. The summed E-state index contributed by atoms with van der Waals surface area (Å²) >= 11 is 6.22. The number of hydrogen-bond acceptors (Lipinski definition) is 2. The van der Waals surface area contributed by atoms with E-state index < -0.39 is 0 Å². The van der Waals surface area contributed by atoms with Crippen LogP contribution < -0.4 is 0 Å². The molecule has 0 amide bonds. The summed E-state index contributed by atoms with van der Waals surface area (Å²) in [5.41, 5.74) is 3.33. The fourth-order valence-electron chi connectivity index (χ4n) is 2.29. The Morgan fingerprint density at radius 2 is 2.10 bits per heavy atom. The summed E-state index contributed by atoms with van der Waals surface area (Å²) in [7, 11) is 0. The fourth-order valence-corrected chi connectivity index (χ4v) is 2.44. The number of benzene rings is 1. The van der Waals surface area contributed by atoms with Crippen LogP contribution in [0.3, 0.4) is 0 Å². The quantitative estimate of drug-likeness (QED) is 0.663. The first kappa shape index (κ1) is 13.1. The zero-order valence-electron chi connectivity index (χ0n) is 11.1. The molecule has 2 aromatic heterocycles. The Bertz CT molecular complexity index is 780. The Morgan fingerprint density at radius 3 is 2.85 bits per heavy atom. The lowest BCUT2D eigenvalue weighted by Gasteiger charge is -2.13. The van der Waals surface area contributed by atoms with E-state index in [4.69, 9.17) is 11.6 Å². The average molecular weight is 290 g/mol. The van der Waals surface area contributed by atoms with Crippen LogP contribution in [0.1, 0.15) is 23.7 Å². The highest BCUT2D eigenvalue weighted by Gasteiger charge is 2.17. The second kappa shape index (κ2) is 4.87. The summed E-state index contributed by atoms with van der Waals surface area (Å²) < 4.78 is 15.5. The third-order valence-electron chi connectivity index (χ3n) is 3.25. The molecule has 20 heavy (non-hydrogen) atoms. The van der Waals surface area contributed by atoms with Gasteiger partial charge >= 0.3 is 0 Å². The standard InChI is InChI=1S/C15H13ClFN3/c1-9-3-4-11(17)7-14(9)20-13-5-6-18-8-12(13)19-15(20)10(2)16/h3-8,10H,1-2H3. The zero-order valence-corrected chi connectivity index (χ0v) is 11.9. The van der Waals surface area contributed by atoms with Crippen molar-refractivity contribution in [2.75, 3.05) is 0 Å². The monoisotopic (exact) mass is 289 g/mol. The third kappa shape index (κ3) is 2.06. The highest BCUT2D eigenvalue weighted by atomic mass is 35.5. The van der Waals surface area contributed by atoms with Crippen LogP contribution in [0.2, 0.25) is 0 Å². The van der Waals surface area contributed by atoms with E-state index in [1.165, 1.54) is 12.1 Å². The molecule has 3 rings (SSSR count). The lowest BCUT2D eigenvalue weighted by Crippen LogP contribution is -2.04. The minimum Gasteiger partial charge on any atom is -0.295 e. The highest BCUT2D eigenvalue weighted by Crippen LogP contribution is 2.29. The van der Waals surface area contributed by atoms with Crippen molar-refractivity contribution in [3.8, 4) is 5.69 Å². The van der Waals surface area contributed by atoms with E-state index in [1.807, 2.05) is 24.5 Å². The van der Waals surface area contributed by atoms with Gasteiger partial charge in [-0.05, 0) is 37.6 Å². The van der Waals surface area contributed by atoms with Gasteiger partial charge in [-0.1, -0.05) is 6.07 Å². The first-order valence-electron chi connectivity index (χ1n) is 6.31. The number of aromatic nitrogens is 3. The van der Waals surface area contributed by atoms with E-state index >= 15 is 0 Å². The first-order chi connectivity index (χ1) is 9.58. The number of imidazole rings is 1. The topological polar surface area (TPSA) is 30.7 Å². The van der Waals surface area contributed by atoms with Gasteiger partial charge in [-0.2, -0.15) is 0 Å². The van der Waals surface area contributed by atoms with Crippen LogP contribution in [-0.2, 0) is 0 Å². The number of halogens is 2. The maximum Gasteiger partial charge on any atom is 0.132 e. The van der Waals surface area contributed by atoms with Crippen molar-refractivity contribution in [3.63, 3.8) is 0 Å². The lowest BCUT2D eigenvalue weighted by atomic mass is 10.2. The predicted octanol–water partition coefficient (Wildman–Crippen LogP) is 4.17. The van der Waals surface area contributed by atoms with Crippen LogP contribution >= 0.6 is 11.6 Å². The van der Waals surface area contributed by atoms with Crippen molar-refractivity contribution in [1.82, 2.24) is 14.5 Å². The molecule has 0 saturated carbocycles. The molecule has 3 nitrogen and oxygen atoms in total. The number of aryl methyl sites for hydroxylation is 1. The fraction of sp³-hybridized carbons (Fsp3) is 0.200. The molecule has 0 aliphatic rings. The second-order valence-corrected chi connectivity index (χ2v) is 5.37. The molecule has 0 bridgehead atoms. The van der Waals surface area contributed by atoms with Crippen molar-refractivity contribution in [3.05, 3.63) is 53.9 Å². The van der Waals surface area contributed by atoms with E-state index in [2.05, 4.69) is 9.97 Å². The van der Waals surface area contributed by atoms with Crippen LogP contribution in [0.4, 0.5) is 4.39 Å². The van der Waals surface area contributed by atoms with Crippen molar-refractivity contribution < 1.29 is 4.39 Å². The SMILES string of the molecule is Cc1ccc(F)cc1-n1c(C(C)Cl)nc2cnccc21. The molecule has 3 aromatic rings. The van der Waals surface area contributed by atoms with Gasteiger partial charge < -0.3 is 0 Å². The molecule has 0 fully saturated rings. The number of alkyl halides is 1. The third-order valence-corrected chi connectivity index (χ3v) is 3.45. The lowest BCUT2D eigenvalue weighted by molar-refractivity contribution is 0.625. The van der Waals surface area contributed by atoms with Gasteiger partial charge in [0.25, 0.3) is 0 Å². The van der Waals surface area contributed by atoms with Gasteiger partial charge in [0, 0.05) is 6.20 Å². The van der Waals surface area contributed by atoms with Crippen LogP contribution in [0.5, 0.6) is 0 Å². The van der Waals surface area contributed by atoms with E-state index in [0.29, 0.717) is 5.82 Å². The van der Waals surface area contributed by atoms with Crippen LogP contribution in [0, 0.1) is 12.7 Å². The normalized spacial score (nSPS) is 12.8. The Labute approximate surface area is 121 Å². The summed E-state index contributed by atoms with van der Waals surface area (Å²) in [6.45, 7) is 3.78. The largest absolute Gasteiger partial charge is 0.295 e. The zero-order chi connectivity index (χ0) is 14.3. The molecule has 1 unspecified atom stereocenters. The Hall–Kier alpha value is -1.94.